The molecule has 1 N–H and O–H groups in total. The van der Waals surface area contributed by atoms with E-state index >= 15 is 0 Å². The van der Waals surface area contributed by atoms with Gasteiger partial charge in [0.25, 0.3) is 0 Å². The lowest BCUT2D eigenvalue weighted by molar-refractivity contribution is 0.0696. The number of carboxylic acid groups (broad SMARTS) is 1. The highest BCUT2D eigenvalue weighted by Gasteiger charge is 2.14. The van der Waals surface area contributed by atoms with Crippen molar-refractivity contribution in [1.82, 2.24) is 9.97 Å². The third-order valence-corrected chi connectivity index (χ3v) is 2.38. The first kappa shape index (κ1) is 12.4. The summed E-state index contributed by atoms with van der Waals surface area (Å²) in [7, 11) is 1.85. The predicted octanol–water partition coefficient (Wildman–Crippen LogP) is 1.80. The Morgan fingerprint density at radius 3 is 2.88 bits per heavy atom. The Morgan fingerprint density at radius 1 is 1.50 bits per heavy atom. The summed E-state index contributed by atoms with van der Waals surface area (Å²) in [5, 5.41) is 8.98. The minimum atomic E-state index is -0.988. The molecule has 1 aromatic rings. The number of unbranched alkanes of at least 4 members (excludes halogenated alkanes) is 2. The normalized spacial score (nSPS) is 10.1. The van der Waals surface area contributed by atoms with Crippen molar-refractivity contribution in [2.24, 2.45) is 0 Å². The first-order valence-corrected chi connectivity index (χ1v) is 5.41. The largest absolute Gasteiger partial charge is 0.477 e. The lowest BCUT2D eigenvalue weighted by Crippen LogP contribution is -2.22. The summed E-state index contributed by atoms with van der Waals surface area (Å²) in [5.74, 6) is -0.503. The molecule has 1 rings (SSSR count). The van der Waals surface area contributed by atoms with Gasteiger partial charge in [0.05, 0.1) is 0 Å². The molecule has 16 heavy (non-hydrogen) atoms. The molecule has 5 heteroatoms. The molecule has 0 fully saturated rings. The Bertz CT molecular complexity index is 355. The first-order valence-electron chi connectivity index (χ1n) is 5.41. The van der Waals surface area contributed by atoms with Crippen molar-refractivity contribution in [3.8, 4) is 0 Å². The molecule has 0 atom stereocenters. The Balaban J connectivity index is 2.74. The summed E-state index contributed by atoms with van der Waals surface area (Å²) in [6.45, 7) is 2.94. The molecule has 0 unspecified atom stereocenters. The molecule has 0 aliphatic carbocycles. The Labute approximate surface area is 95.1 Å². The fraction of sp³-hybridized carbons (Fsp3) is 0.545. The van der Waals surface area contributed by atoms with Crippen LogP contribution >= 0.6 is 0 Å². The fourth-order valence-electron chi connectivity index (χ4n) is 1.48. The highest BCUT2D eigenvalue weighted by atomic mass is 16.4. The molecule has 1 heterocycles. The zero-order valence-electron chi connectivity index (χ0n) is 9.68. The average Bonchev–Trinajstić information content (AvgIpc) is 2.29. The molecule has 0 saturated carbocycles. The van der Waals surface area contributed by atoms with Crippen LogP contribution in [0.4, 0.5) is 5.82 Å². The van der Waals surface area contributed by atoms with Crippen molar-refractivity contribution in [2.45, 2.75) is 26.2 Å². The summed E-state index contributed by atoms with van der Waals surface area (Å²) < 4.78 is 0. The highest BCUT2D eigenvalue weighted by molar-refractivity contribution is 5.92. The van der Waals surface area contributed by atoms with Gasteiger partial charge in [-0.05, 0) is 6.42 Å². The van der Waals surface area contributed by atoms with Crippen molar-refractivity contribution in [1.29, 1.82) is 0 Å². The third-order valence-electron chi connectivity index (χ3n) is 2.38. The molecule has 0 bridgehead atoms. The Hall–Kier alpha value is -1.65. The topological polar surface area (TPSA) is 66.3 Å². The van der Waals surface area contributed by atoms with Gasteiger partial charge in [-0.15, -0.1) is 0 Å². The zero-order valence-corrected chi connectivity index (χ0v) is 9.68. The smallest absolute Gasteiger partial charge is 0.341 e. The highest BCUT2D eigenvalue weighted by Crippen LogP contribution is 2.15. The molecular formula is C11H17N3O2. The SMILES string of the molecule is CCCCCN(C)c1ncncc1C(=O)O. The lowest BCUT2D eigenvalue weighted by atomic mass is 10.2. The molecule has 0 radical (unpaired) electrons. The number of rotatable bonds is 6. The number of carbonyl (C=O) groups is 1. The summed E-state index contributed by atoms with van der Waals surface area (Å²) in [4.78, 5) is 20.6. The van der Waals surface area contributed by atoms with E-state index < -0.39 is 5.97 Å². The van der Waals surface area contributed by atoms with Gasteiger partial charge < -0.3 is 10.0 Å². The van der Waals surface area contributed by atoms with Gasteiger partial charge in [0.2, 0.25) is 0 Å². The number of carboxylic acids is 1. The third kappa shape index (κ3) is 3.18. The maximum Gasteiger partial charge on any atom is 0.341 e. The summed E-state index contributed by atoms with van der Waals surface area (Å²) in [6.07, 6.45) is 6.02. The molecule has 0 aromatic carbocycles. The van der Waals surface area contributed by atoms with Crippen LogP contribution < -0.4 is 4.90 Å². The van der Waals surface area contributed by atoms with Crippen LogP contribution in [0, 0.1) is 0 Å². The summed E-state index contributed by atoms with van der Waals surface area (Å²) >= 11 is 0. The number of hydrogen-bond acceptors (Lipinski definition) is 4. The molecule has 0 saturated heterocycles. The molecule has 0 aliphatic rings. The maximum absolute atomic E-state index is 10.9. The van der Waals surface area contributed by atoms with E-state index in [0.717, 1.165) is 25.8 Å². The maximum atomic E-state index is 10.9. The van der Waals surface area contributed by atoms with Gasteiger partial charge >= 0.3 is 5.97 Å². The molecule has 88 valence electrons. The lowest BCUT2D eigenvalue weighted by Gasteiger charge is -2.19. The molecule has 0 spiro atoms. The molecule has 5 nitrogen and oxygen atoms in total. The van der Waals surface area contributed by atoms with Gasteiger partial charge in [0.1, 0.15) is 17.7 Å². The van der Waals surface area contributed by atoms with E-state index in [2.05, 4.69) is 16.9 Å². The van der Waals surface area contributed by atoms with Gasteiger partial charge in [0.15, 0.2) is 0 Å². The van der Waals surface area contributed by atoms with Gasteiger partial charge in [-0.1, -0.05) is 19.8 Å². The number of hydrogen-bond donors (Lipinski definition) is 1. The van der Waals surface area contributed by atoms with E-state index in [1.165, 1.54) is 12.5 Å². The van der Waals surface area contributed by atoms with Crippen LogP contribution in [-0.2, 0) is 0 Å². The molecule has 1 aromatic heterocycles. The van der Waals surface area contributed by atoms with Crippen LogP contribution in [0.15, 0.2) is 12.5 Å². The standard InChI is InChI=1S/C11H17N3O2/c1-3-4-5-6-14(2)10-9(11(15)16)7-12-8-13-10/h7-8H,3-6H2,1-2H3,(H,15,16). The molecule has 0 amide bonds. The first-order chi connectivity index (χ1) is 7.66. The van der Waals surface area contributed by atoms with Crippen LogP contribution in [0.1, 0.15) is 36.5 Å². The fourth-order valence-corrected chi connectivity index (χ4v) is 1.48. The second-order valence-corrected chi connectivity index (χ2v) is 3.69. The summed E-state index contributed by atoms with van der Waals surface area (Å²) in [5.41, 5.74) is 0.154. The van der Waals surface area contributed by atoms with Crippen molar-refractivity contribution in [2.75, 3.05) is 18.5 Å². The molecule has 0 aliphatic heterocycles. The quantitative estimate of drug-likeness (QED) is 0.745. The van der Waals surface area contributed by atoms with Crippen molar-refractivity contribution < 1.29 is 9.90 Å². The van der Waals surface area contributed by atoms with Crippen molar-refractivity contribution >= 4 is 11.8 Å². The van der Waals surface area contributed by atoms with Crippen molar-refractivity contribution in [3.05, 3.63) is 18.1 Å². The van der Waals surface area contributed by atoms with Crippen LogP contribution in [0.3, 0.4) is 0 Å². The predicted molar refractivity (Wildman–Crippen MR) is 61.8 cm³/mol. The van der Waals surface area contributed by atoms with Gasteiger partial charge in [-0.2, -0.15) is 0 Å². The van der Waals surface area contributed by atoms with Gasteiger partial charge in [0, 0.05) is 19.8 Å². The average molecular weight is 223 g/mol. The number of aromatic nitrogens is 2. The van der Waals surface area contributed by atoms with E-state index in [9.17, 15) is 4.79 Å². The van der Waals surface area contributed by atoms with Gasteiger partial charge in [-0.25, -0.2) is 14.8 Å². The van der Waals surface area contributed by atoms with Crippen molar-refractivity contribution in [3.63, 3.8) is 0 Å². The van der Waals surface area contributed by atoms with Crippen LogP contribution in [0.2, 0.25) is 0 Å². The number of anilines is 1. The van der Waals surface area contributed by atoms with Crippen LogP contribution in [-0.4, -0.2) is 34.6 Å². The number of nitrogens with zero attached hydrogens (tertiary/aromatic N) is 3. The summed E-state index contributed by atoms with van der Waals surface area (Å²) in [6, 6.07) is 0. The second kappa shape index (κ2) is 6.05. The van der Waals surface area contributed by atoms with E-state index in [4.69, 9.17) is 5.11 Å². The van der Waals surface area contributed by atoms with E-state index in [1.807, 2.05) is 11.9 Å². The minimum absolute atomic E-state index is 0.154. The second-order valence-electron chi connectivity index (χ2n) is 3.69. The monoisotopic (exact) mass is 223 g/mol. The number of aromatic carboxylic acids is 1. The van der Waals surface area contributed by atoms with Crippen LogP contribution in [0.5, 0.6) is 0 Å². The van der Waals surface area contributed by atoms with Gasteiger partial charge in [-0.3, -0.25) is 0 Å². The Kier molecular flexibility index (Phi) is 4.69. The van der Waals surface area contributed by atoms with E-state index in [-0.39, 0.29) is 5.56 Å². The minimum Gasteiger partial charge on any atom is -0.477 e. The zero-order chi connectivity index (χ0) is 12.0. The molecular weight excluding hydrogens is 206 g/mol. The van der Waals surface area contributed by atoms with E-state index in [1.54, 1.807) is 0 Å². The Morgan fingerprint density at radius 2 is 2.25 bits per heavy atom. The van der Waals surface area contributed by atoms with E-state index in [0.29, 0.717) is 5.82 Å². The van der Waals surface area contributed by atoms with Crippen LogP contribution in [0.25, 0.3) is 0 Å².